The number of likely N-dealkylation sites (tertiary alicyclic amines) is 1. The van der Waals surface area contributed by atoms with E-state index in [4.69, 9.17) is 15.6 Å². The minimum absolute atomic E-state index is 0.0818. The minimum Gasteiger partial charge on any atom is -0.481 e. The van der Waals surface area contributed by atoms with Crippen LogP contribution in [-0.2, 0) is 9.53 Å². The molecule has 6 nitrogen and oxygen atoms in total. The van der Waals surface area contributed by atoms with Crippen LogP contribution in [0.1, 0.15) is 27.7 Å². The minimum atomic E-state index is -1.10. The maximum Gasteiger partial charge on any atom is 0.410 e. The molecule has 1 amide bonds. The summed E-state index contributed by atoms with van der Waals surface area (Å²) in [5, 5.41) is 9.12. The Bertz CT molecular complexity index is 337. The van der Waals surface area contributed by atoms with Gasteiger partial charge in [0, 0.05) is 19.1 Å². The summed E-state index contributed by atoms with van der Waals surface area (Å²) in [6.07, 6.45) is -0.516. The molecule has 0 aliphatic carbocycles. The van der Waals surface area contributed by atoms with Crippen LogP contribution in [0.25, 0.3) is 0 Å². The van der Waals surface area contributed by atoms with Gasteiger partial charge in [-0.2, -0.15) is 0 Å². The van der Waals surface area contributed by atoms with E-state index in [2.05, 4.69) is 0 Å². The molecule has 98 valence electrons. The second kappa shape index (κ2) is 4.18. The average Bonchev–Trinajstić information content (AvgIpc) is 2.42. The number of nitrogens with zero attached hydrogens (tertiary/aromatic N) is 1. The maximum absolute atomic E-state index is 11.8. The van der Waals surface area contributed by atoms with E-state index in [0.29, 0.717) is 0 Å². The monoisotopic (exact) mass is 244 g/mol. The lowest BCUT2D eigenvalue weighted by Crippen LogP contribution is -2.44. The van der Waals surface area contributed by atoms with E-state index in [0.717, 1.165) is 0 Å². The Hall–Kier alpha value is -1.30. The second-order valence-corrected chi connectivity index (χ2v) is 5.69. The molecule has 0 aromatic rings. The summed E-state index contributed by atoms with van der Waals surface area (Å²) in [5.41, 5.74) is 4.08. The first-order chi connectivity index (χ1) is 7.56. The largest absolute Gasteiger partial charge is 0.481 e. The molecular formula is C11H20N2O4. The highest BCUT2D eigenvalue weighted by molar-refractivity contribution is 5.78. The molecule has 0 aromatic heterocycles. The summed E-state index contributed by atoms with van der Waals surface area (Å²) in [4.78, 5) is 24.3. The number of hydrogen-bond acceptors (Lipinski definition) is 4. The van der Waals surface area contributed by atoms with Gasteiger partial charge in [-0.05, 0) is 27.7 Å². The van der Waals surface area contributed by atoms with Crippen LogP contribution < -0.4 is 5.73 Å². The van der Waals surface area contributed by atoms with Crippen molar-refractivity contribution in [1.29, 1.82) is 0 Å². The Morgan fingerprint density at radius 3 is 2.35 bits per heavy atom. The zero-order valence-electron chi connectivity index (χ0n) is 10.7. The number of carbonyl (C=O) groups is 2. The van der Waals surface area contributed by atoms with Crippen LogP contribution in [0, 0.1) is 5.41 Å². The van der Waals surface area contributed by atoms with Crippen molar-refractivity contribution >= 4 is 12.1 Å². The van der Waals surface area contributed by atoms with Gasteiger partial charge in [0.2, 0.25) is 0 Å². The van der Waals surface area contributed by atoms with E-state index >= 15 is 0 Å². The Morgan fingerprint density at radius 2 is 2.00 bits per heavy atom. The Balaban J connectivity index is 2.73. The van der Waals surface area contributed by atoms with Crippen molar-refractivity contribution in [3.63, 3.8) is 0 Å². The Labute approximate surface area is 101 Å². The number of carboxylic acids is 1. The normalized spacial score (nSPS) is 29.2. The molecule has 2 atom stereocenters. The van der Waals surface area contributed by atoms with Gasteiger partial charge in [-0.1, -0.05) is 0 Å². The first-order valence-electron chi connectivity index (χ1n) is 5.53. The molecular weight excluding hydrogens is 224 g/mol. The van der Waals surface area contributed by atoms with Crippen molar-refractivity contribution in [2.45, 2.75) is 39.3 Å². The van der Waals surface area contributed by atoms with Crippen molar-refractivity contribution in [3.05, 3.63) is 0 Å². The van der Waals surface area contributed by atoms with Crippen molar-refractivity contribution in [2.24, 2.45) is 11.1 Å². The smallest absolute Gasteiger partial charge is 0.410 e. The summed E-state index contributed by atoms with van der Waals surface area (Å²) in [6.45, 7) is 7.12. The summed E-state index contributed by atoms with van der Waals surface area (Å²) >= 11 is 0. The third kappa shape index (κ3) is 2.88. The summed E-state index contributed by atoms with van der Waals surface area (Å²) in [6, 6.07) is -0.576. The van der Waals surface area contributed by atoms with E-state index in [-0.39, 0.29) is 13.1 Å². The lowest BCUT2D eigenvalue weighted by molar-refractivity contribution is -0.147. The van der Waals surface area contributed by atoms with Gasteiger partial charge in [0.25, 0.3) is 0 Å². The molecule has 1 aliphatic heterocycles. The Morgan fingerprint density at radius 1 is 1.47 bits per heavy atom. The molecule has 3 N–H and O–H groups in total. The molecule has 0 saturated carbocycles. The second-order valence-electron chi connectivity index (χ2n) is 5.69. The standard InChI is InChI=1S/C11H20N2O4/c1-10(2,3)17-9(16)13-5-7(12)11(4,6-13)8(14)15/h7H,5-6,12H2,1-4H3,(H,14,15)/t7-,11+/m0/s1. The van der Waals surface area contributed by atoms with E-state index in [1.54, 1.807) is 27.7 Å². The number of carbonyl (C=O) groups excluding carboxylic acids is 1. The first-order valence-corrected chi connectivity index (χ1v) is 5.53. The molecule has 1 saturated heterocycles. The fraction of sp³-hybridized carbons (Fsp3) is 0.818. The summed E-state index contributed by atoms with van der Waals surface area (Å²) in [5.74, 6) is -0.990. The molecule has 0 bridgehead atoms. The Kier molecular flexibility index (Phi) is 3.38. The van der Waals surface area contributed by atoms with Crippen LogP contribution in [0.4, 0.5) is 4.79 Å². The number of aliphatic carboxylic acids is 1. The molecule has 6 heteroatoms. The fourth-order valence-electron chi connectivity index (χ4n) is 1.71. The third-order valence-electron chi connectivity index (χ3n) is 2.90. The van der Waals surface area contributed by atoms with Gasteiger partial charge in [-0.3, -0.25) is 4.79 Å². The number of ether oxygens (including phenoxy) is 1. The highest BCUT2D eigenvalue weighted by Crippen LogP contribution is 2.30. The van der Waals surface area contributed by atoms with Crippen LogP contribution in [0.3, 0.4) is 0 Å². The van der Waals surface area contributed by atoms with Crippen LogP contribution >= 0.6 is 0 Å². The topological polar surface area (TPSA) is 92.9 Å². The average molecular weight is 244 g/mol. The lowest BCUT2D eigenvalue weighted by atomic mass is 9.86. The number of hydrogen-bond donors (Lipinski definition) is 2. The third-order valence-corrected chi connectivity index (χ3v) is 2.90. The number of amides is 1. The van der Waals surface area contributed by atoms with Crippen molar-refractivity contribution < 1.29 is 19.4 Å². The summed E-state index contributed by atoms with van der Waals surface area (Å²) < 4.78 is 5.18. The SMILES string of the molecule is CC(C)(C)OC(=O)N1C[C@H](N)[C@](C)(C(=O)O)C1. The highest BCUT2D eigenvalue weighted by Gasteiger charge is 2.49. The number of rotatable bonds is 1. The van der Waals surface area contributed by atoms with Gasteiger partial charge in [0.05, 0.1) is 5.41 Å². The molecule has 0 spiro atoms. The quantitative estimate of drug-likeness (QED) is 0.706. The first kappa shape index (κ1) is 13.8. The van der Waals surface area contributed by atoms with Crippen LogP contribution in [0.15, 0.2) is 0 Å². The lowest BCUT2D eigenvalue weighted by Gasteiger charge is -2.25. The van der Waals surface area contributed by atoms with Crippen molar-refractivity contribution in [2.75, 3.05) is 13.1 Å². The van der Waals surface area contributed by atoms with Crippen molar-refractivity contribution in [1.82, 2.24) is 4.90 Å². The van der Waals surface area contributed by atoms with Crippen LogP contribution in [-0.4, -0.2) is 46.8 Å². The predicted octanol–water partition coefficient (Wildman–Crippen LogP) is 0.655. The molecule has 0 aromatic carbocycles. The van der Waals surface area contributed by atoms with Crippen molar-refractivity contribution in [3.8, 4) is 0 Å². The zero-order valence-corrected chi connectivity index (χ0v) is 10.7. The van der Waals surface area contributed by atoms with Gasteiger partial charge >= 0.3 is 12.1 Å². The van der Waals surface area contributed by atoms with Crippen LogP contribution in [0.2, 0.25) is 0 Å². The van der Waals surface area contributed by atoms with Gasteiger partial charge < -0.3 is 20.5 Å². The van der Waals surface area contributed by atoms with E-state index in [9.17, 15) is 9.59 Å². The zero-order chi connectivity index (χ0) is 13.4. The van der Waals surface area contributed by atoms with Crippen LogP contribution in [0.5, 0.6) is 0 Å². The molecule has 1 rings (SSSR count). The fourth-order valence-corrected chi connectivity index (χ4v) is 1.71. The van der Waals surface area contributed by atoms with E-state index < -0.39 is 29.1 Å². The molecule has 1 aliphatic rings. The number of nitrogens with two attached hydrogens (primary N) is 1. The van der Waals surface area contributed by atoms with E-state index in [1.807, 2.05) is 0 Å². The van der Waals surface area contributed by atoms with Gasteiger partial charge in [-0.25, -0.2) is 4.79 Å². The van der Waals surface area contributed by atoms with Gasteiger partial charge in [0.1, 0.15) is 5.60 Å². The number of carboxylic acid groups (broad SMARTS) is 1. The molecule has 1 fully saturated rings. The van der Waals surface area contributed by atoms with E-state index in [1.165, 1.54) is 4.90 Å². The predicted molar refractivity (Wildman–Crippen MR) is 61.5 cm³/mol. The molecule has 0 unspecified atom stereocenters. The molecule has 1 heterocycles. The van der Waals surface area contributed by atoms with Gasteiger partial charge in [-0.15, -0.1) is 0 Å². The maximum atomic E-state index is 11.8. The highest BCUT2D eigenvalue weighted by atomic mass is 16.6. The summed E-state index contributed by atoms with van der Waals surface area (Å²) in [7, 11) is 0. The molecule has 17 heavy (non-hydrogen) atoms. The molecule has 0 radical (unpaired) electrons. The van der Waals surface area contributed by atoms with Gasteiger partial charge in [0.15, 0.2) is 0 Å².